The van der Waals surface area contributed by atoms with Crippen molar-refractivity contribution in [1.29, 1.82) is 0 Å². The molecule has 1 aliphatic rings. The molecule has 0 atom stereocenters. The molecular weight excluding hydrogens is 336 g/mol. The Morgan fingerprint density at radius 2 is 1.44 bits per heavy atom. The molecule has 4 nitrogen and oxygen atoms in total. The lowest BCUT2D eigenvalue weighted by molar-refractivity contribution is 0.112. The van der Waals surface area contributed by atoms with E-state index in [-0.39, 0.29) is 0 Å². The molecule has 1 aromatic heterocycles. The van der Waals surface area contributed by atoms with Crippen molar-refractivity contribution in [3.8, 4) is 0 Å². The van der Waals surface area contributed by atoms with Gasteiger partial charge in [-0.25, -0.2) is 0 Å². The van der Waals surface area contributed by atoms with Gasteiger partial charge in [-0.3, -0.25) is 4.79 Å². The number of carbonyl (C=O) groups excluding carboxylic acids is 1. The molecule has 0 amide bonds. The molecule has 0 spiro atoms. The summed E-state index contributed by atoms with van der Waals surface area (Å²) in [6, 6.07) is 14.1. The number of nitrogens with one attached hydrogen (secondary N) is 1. The topological polar surface area (TPSA) is 54.3 Å². The van der Waals surface area contributed by atoms with Gasteiger partial charge in [0.15, 0.2) is 0 Å². The molecule has 4 heteroatoms. The van der Waals surface area contributed by atoms with Crippen molar-refractivity contribution in [3.63, 3.8) is 0 Å². The first kappa shape index (κ1) is 24.8. The van der Waals surface area contributed by atoms with E-state index in [1.54, 1.807) is 0 Å². The smallest absolute Gasteiger partial charge is 0.150 e. The van der Waals surface area contributed by atoms with Crippen molar-refractivity contribution >= 4 is 28.1 Å². The van der Waals surface area contributed by atoms with E-state index < -0.39 is 0 Å². The van der Waals surface area contributed by atoms with Crippen molar-refractivity contribution in [2.45, 2.75) is 40.5 Å². The van der Waals surface area contributed by atoms with Crippen LogP contribution in [0.2, 0.25) is 0 Å². The summed E-state index contributed by atoms with van der Waals surface area (Å²) in [5.74, 6) is 0. The number of nitrogens with zero attached hydrogens (tertiary/aromatic N) is 1. The lowest BCUT2D eigenvalue weighted by Crippen LogP contribution is -2.03. The van der Waals surface area contributed by atoms with Gasteiger partial charge in [0, 0.05) is 41.5 Å². The highest BCUT2D eigenvalue weighted by molar-refractivity contribution is 6.08. The molecule has 27 heavy (non-hydrogen) atoms. The second kappa shape index (κ2) is 14.9. The molecule has 0 radical (unpaired) electrons. The van der Waals surface area contributed by atoms with Gasteiger partial charge < -0.3 is 15.0 Å². The first-order valence-electron chi connectivity index (χ1n) is 9.89. The number of carbonyl (C=O) groups is 1. The minimum atomic E-state index is 0.721. The Bertz CT molecular complexity index is 767. The molecule has 150 valence electrons. The van der Waals surface area contributed by atoms with E-state index in [4.69, 9.17) is 5.11 Å². The molecule has 3 aromatic rings. The molecule has 4 rings (SSSR count). The van der Waals surface area contributed by atoms with Crippen molar-refractivity contribution in [2.75, 3.05) is 20.2 Å². The Morgan fingerprint density at radius 3 is 1.96 bits per heavy atom. The average molecular weight is 373 g/mol. The maximum absolute atomic E-state index is 10.8. The number of hydrogen-bond donors (Lipinski definition) is 2. The van der Waals surface area contributed by atoms with E-state index in [0.29, 0.717) is 0 Å². The van der Waals surface area contributed by atoms with Gasteiger partial charge in [0.1, 0.15) is 6.29 Å². The lowest BCUT2D eigenvalue weighted by Gasteiger charge is -1.97. The molecule has 1 fully saturated rings. The van der Waals surface area contributed by atoms with Gasteiger partial charge in [-0.2, -0.15) is 0 Å². The number of aliphatic hydroxyl groups is 1. The van der Waals surface area contributed by atoms with E-state index in [1.807, 2.05) is 65.1 Å². The van der Waals surface area contributed by atoms with E-state index >= 15 is 0 Å². The van der Waals surface area contributed by atoms with Crippen LogP contribution in [0.5, 0.6) is 0 Å². The summed E-state index contributed by atoms with van der Waals surface area (Å²) in [5.41, 5.74) is 3.02. The van der Waals surface area contributed by atoms with E-state index in [0.717, 1.165) is 24.5 Å². The number of hydrogen-bond acceptors (Lipinski definition) is 3. The standard InChI is InChI=1S/C14H11NO.C4H9N.2C2H6.CH4O/c1-15-13-5-3-2-4-11(13)12-7-6-10(9-16)8-14(12)15;1-2-4-5-3-1;3*1-2/h2-9H,1H3;5H,1-4H2;2*1-2H3;2H,1H3. The predicted molar refractivity (Wildman–Crippen MR) is 119 cm³/mol. The second-order valence-corrected chi connectivity index (χ2v) is 5.43. The summed E-state index contributed by atoms with van der Waals surface area (Å²) in [7, 11) is 3.03. The molecule has 0 saturated carbocycles. The first-order chi connectivity index (χ1) is 13.3. The van der Waals surface area contributed by atoms with Crippen LogP contribution in [0, 0.1) is 0 Å². The van der Waals surface area contributed by atoms with Crippen LogP contribution in [0.1, 0.15) is 50.9 Å². The normalized spacial score (nSPS) is 11.7. The zero-order valence-corrected chi connectivity index (χ0v) is 17.7. The Balaban J connectivity index is 0.000000516. The van der Waals surface area contributed by atoms with Gasteiger partial charge in [0.25, 0.3) is 0 Å². The van der Waals surface area contributed by atoms with Crippen molar-refractivity contribution < 1.29 is 9.90 Å². The Kier molecular flexibility index (Phi) is 13.7. The SMILES string of the molecule is C1CCNC1.CC.CC.CO.Cn1c2ccccc2c2ccc(C=O)cc21. The number of aldehydes is 1. The number of aryl methyl sites for hydroxylation is 1. The van der Waals surface area contributed by atoms with Crippen LogP contribution >= 0.6 is 0 Å². The molecule has 1 aliphatic heterocycles. The number of para-hydroxylation sites is 1. The highest BCUT2D eigenvalue weighted by Gasteiger charge is 2.07. The highest BCUT2D eigenvalue weighted by atomic mass is 16.2. The third-order valence-corrected chi connectivity index (χ3v) is 4.03. The molecule has 2 N–H and O–H groups in total. The van der Waals surface area contributed by atoms with Crippen LogP contribution in [0.4, 0.5) is 0 Å². The van der Waals surface area contributed by atoms with Gasteiger partial charge in [0.05, 0.1) is 0 Å². The van der Waals surface area contributed by atoms with Crippen LogP contribution in [0.3, 0.4) is 0 Å². The third kappa shape index (κ3) is 6.81. The summed E-state index contributed by atoms with van der Waals surface area (Å²) in [6.07, 6.45) is 3.66. The summed E-state index contributed by atoms with van der Waals surface area (Å²) in [6.45, 7) is 10.5. The number of benzene rings is 2. The fraction of sp³-hybridized carbons (Fsp3) is 0.435. The highest BCUT2D eigenvalue weighted by Crippen LogP contribution is 2.28. The van der Waals surface area contributed by atoms with Gasteiger partial charge in [-0.1, -0.05) is 58.0 Å². The van der Waals surface area contributed by atoms with Gasteiger partial charge in [-0.05, 0) is 38.1 Å². The molecular formula is C23H36N2O2. The molecule has 2 heterocycles. The quantitative estimate of drug-likeness (QED) is 0.579. The van der Waals surface area contributed by atoms with Crippen molar-refractivity contribution in [3.05, 3.63) is 48.0 Å². The average Bonchev–Trinajstić information content (AvgIpc) is 3.44. The number of rotatable bonds is 1. The zero-order chi connectivity index (χ0) is 20.7. The van der Waals surface area contributed by atoms with E-state index in [1.165, 1.54) is 42.2 Å². The van der Waals surface area contributed by atoms with Crippen LogP contribution in [-0.4, -0.2) is 36.2 Å². The van der Waals surface area contributed by atoms with Crippen LogP contribution in [-0.2, 0) is 7.05 Å². The maximum atomic E-state index is 10.8. The monoisotopic (exact) mass is 372 g/mol. The molecule has 0 aliphatic carbocycles. The number of fused-ring (bicyclic) bond motifs is 3. The minimum absolute atomic E-state index is 0.721. The molecule has 0 unspecified atom stereocenters. The Morgan fingerprint density at radius 1 is 0.889 bits per heavy atom. The Hall–Kier alpha value is -2.17. The molecule has 0 bridgehead atoms. The largest absolute Gasteiger partial charge is 0.400 e. The summed E-state index contributed by atoms with van der Waals surface area (Å²) < 4.78 is 2.12. The fourth-order valence-corrected chi connectivity index (χ4v) is 2.88. The fourth-order valence-electron chi connectivity index (χ4n) is 2.88. The Labute approximate surface area is 164 Å². The summed E-state index contributed by atoms with van der Waals surface area (Å²) in [5, 5.41) is 12.7. The van der Waals surface area contributed by atoms with E-state index in [9.17, 15) is 4.79 Å². The van der Waals surface area contributed by atoms with Crippen LogP contribution in [0.25, 0.3) is 21.8 Å². The second-order valence-electron chi connectivity index (χ2n) is 5.43. The molecule has 2 aromatic carbocycles. The predicted octanol–water partition coefficient (Wildman–Crippen LogP) is 5.17. The van der Waals surface area contributed by atoms with Crippen LogP contribution < -0.4 is 5.32 Å². The maximum Gasteiger partial charge on any atom is 0.150 e. The number of aliphatic hydroxyl groups excluding tert-OH is 1. The van der Waals surface area contributed by atoms with Gasteiger partial charge in [0.2, 0.25) is 0 Å². The van der Waals surface area contributed by atoms with Gasteiger partial charge >= 0.3 is 0 Å². The zero-order valence-electron chi connectivity index (χ0n) is 17.7. The lowest BCUT2D eigenvalue weighted by atomic mass is 10.1. The third-order valence-electron chi connectivity index (χ3n) is 4.03. The van der Waals surface area contributed by atoms with E-state index in [2.05, 4.69) is 22.0 Å². The minimum Gasteiger partial charge on any atom is -0.400 e. The van der Waals surface area contributed by atoms with Crippen molar-refractivity contribution in [2.24, 2.45) is 7.05 Å². The number of aromatic nitrogens is 1. The first-order valence-corrected chi connectivity index (χ1v) is 9.89. The summed E-state index contributed by atoms with van der Waals surface area (Å²) in [4.78, 5) is 10.8. The van der Waals surface area contributed by atoms with Crippen molar-refractivity contribution in [1.82, 2.24) is 9.88 Å². The summed E-state index contributed by atoms with van der Waals surface area (Å²) >= 11 is 0. The van der Waals surface area contributed by atoms with Crippen LogP contribution in [0.15, 0.2) is 42.5 Å². The van der Waals surface area contributed by atoms with Gasteiger partial charge in [-0.15, -0.1) is 0 Å². The molecule has 1 saturated heterocycles.